The van der Waals surface area contributed by atoms with Crippen LogP contribution >= 0.6 is 0 Å². The Balaban J connectivity index is 1.53. The molecule has 168 valence electrons. The molecule has 1 aromatic carbocycles. The summed E-state index contributed by atoms with van der Waals surface area (Å²) < 4.78 is 31.2. The highest BCUT2D eigenvalue weighted by Crippen LogP contribution is 2.41. The number of benzene rings is 1. The fraction of sp³-hybridized carbons (Fsp3) is 0.435. The molecule has 0 unspecified atom stereocenters. The Morgan fingerprint density at radius 3 is 2.72 bits per heavy atom. The third-order valence-electron chi connectivity index (χ3n) is 6.28. The molecule has 1 aliphatic carbocycles. The molecular formula is C23H26N4O4S. The molecule has 1 atom stereocenters. The van der Waals surface area contributed by atoms with Gasteiger partial charge in [0.15, 0.2) is 15.5 Å². The first-order valence-electron chi connectivity index (χ1n) is 10.9. The summed E-state index contributed by atoms with van der Waals surface area (Å²) in [6.07, 6.45) is 2.61. The number of carbonyl (C=O) groups excluding carboxylic acids is 1. The van der Waals surface area contributed by atoms with E-state index in [1.54, 1.807) is 11.8 Å². The van der Waals surface area contributed by atoms with Crippen molar-refractivity contribution >= 4 is 26.8 Å². The van der Waals surface area contributed by atoms with Gasteiger partial charge >= 0.3 is 0 Å². The van der Waals surface area contributed by atoms with Gasteiger partial charge in [-0.05, 0) is 38.3 Å². The van der Waals surface area contributed by atoms with E-state index in [0.29, 0.717) is 41.2 Å². The number of ether oxygens (including phenoxy) is 1. The smallest absolute Gasteiger partial charge is 0.252 e. The summed E-state index contributed by atoms with van der Waals surface area (Å²) >= 11 is 0. The van der Waals surface area contributed by atoms with E-state index in [9.17, 15) is 13.2 Å². The third-order valence-corrected chi connectivity index (χ3v) is 8.03. The Hall–Kier alpha value is -2.94. The van der Waals surface area contributed by atoms with Crippen molar-refractivity contribution in [3.63, 3.8) is 0 Å². The van der Waals surface area contributed by atoms with Gasteiger partial charge in [-0.2, -0.15) is 5.10 Å². The maximum absolute atomic E-state index is 13.3. The van der Waals surface area contributed by atoms with Crippen LogP contribution in [0.2, 0.25) is 0 Å². The van der Waals surface area contributed by atoms with E-state index in [1.165, 1.54) is 0 Å². The zero-order valence-electron chi connectivity index (χ0n) is 18.2. The van der Waals surface area contributed by atoms with E-state index in [1.807, 2.05) is 37.3 Å². The van der Waals surface area contributed by atoms with Gasteiger partial charge in [0, 0.05) is 23.7 Å². The molecule has 3 heterocycles. The van der Waals surface area contributed by atoms with Crippen molar-refractivity contribution in [3.05, 3.63) is 52.8 Å². The Morgan fingerprint density at radius 2 is 2.03 bits per heavy atom. The Bertz CT molecular complexity index is 1310. The van der Waals surface area contributed by atoms with Gasteiger partial charge in [0.1, 0.15) is 5.75 Å². The maximum Gasteiger partial charge on any atom is 0.252 e. The predicted molar refractivity (Wildman–Crippen MR) is 121 cm³/mol. The van der Waals surface area contributed by atoms with Crippen molar-refractivity contribution in [1.82, 2.24) is 20.1 Å². The molecule has 1 saturated heterocycles. The molecule has 0 bridgehead atoms. The van der Waals surface area contributed by atoms with Crippen LogP contribution in [0.15, 0.2) is 30.3 Å². The average molecular weight is 455 g/mol. The Morgan fingerprint density at radius 1 is 1.25 bits per heavy atom. The lowest BCUT2D eigenvalue weighted by atomic mass is 10.1. The number of carbonyl (C=O) groups is 1. The van der Waals surface area contributed by atoms with Gasteiger partial charge in [0.05, 0.1) is 41.3 Å². The quantitative estimate of drug-likeness (QED) is 0.614. The summed E-state index contributed by atoms with van der Waals surface area (Å²) in [5.41, 5.74) is 3.59. The number of amides is 1. The monoisotopic (exact) mass is 454 g/mol. The average Bonchev–Trinajstić information content (AvgIpc) is 3.50. The standard InChI is InChI=1S/C23H26N4O4S/c1-14-21-18(23(28)24-12-16-5-3-4-6-20(16)31-2)11-19(15-7-8-15)25-22(21)27(26-14)17-9-10-32(29,30)13-17/h3-6,11,15,17H,7-10,12-13H2,1-2H3,(H,24,28)/t17-/m1/s1. The number of fused-ring (bicyclic) bond motifs is 1. The minimum Gasteiger partial charge on any atom is -0.496 e. The van der Waals surface area contributed by atoms with Crippen LogP contribution in [-0.2, 0) is 16.4 Å². The number of hydrogen-bond acceptors (Lipinski definition) is 6. The number of sulfone groups is 1. The highest BCUT2D eigenvalue weighted by molar-refractivity contribution is 7.91. The van der Waals surface area contributed by atoms with Crippen molar-refractivity contribution in [2.24, 2.45) is 0 Å². The SMILES string of the molecule is COc1ccccc1CNC(=O)c1cc(C2CC2)nc2c1c(C)nn2[C@@H]1CCS(=O)(=O)C1. The Kier molecular flexibility index (Phi) is 5.16. The number of hydrogen-bond donors (Lipinski definition) is 1. The van der Waals surface area contributed by atoms with Crippen LogP contribution in [0.3, 0.4) is 0 Å². The first-order valence-corrected chi connectivity index (χ1v) is 12.7. The summed E-state index contributed by atoms with van der Waals surface area (Å²) in [6.45, 7) is 2.18. The van der Waals surface area contributed by atoms with Gasteiger partial charge < -0.3 is 10.1 Å². The summed E-state index contributed by atoms with van der Waals surface area (Å²) in [6, 6.07) is 9.20. The summed E-state index contributed by atoms with van der Waals surface area (Å²) in [5, 5.41) is 8.34. The van der Waals surface area contributed by atoms with Gasteiger partial charge in [-0.15, -0.1) is 0 Å². The molecule has 1 N–H and O–H groups in total. The molecule has 0 radical (unpaired) electrons. The van der Waals surface area contributed by atoms with Crippen LogP contribution in [0.1, 0.15) is 58.5 Å². The molecule has 1 aliphatic heterocycles. The summed E-state index contributed by atoms with van der Waals surface area (Å²) in [4.78, 5) is 18.1. The van der Waals surface area contributed by atoms with Gasteiger partial charge in [-0.25, -0.2) is 18.1 Å². The predicted octanol–water partition coefficient (Wildman–Crippen LogP) is 2.92. The van der Waals surface area contributed by atoms with Crippen molar-refractivity contribution < 1.29 is 17.9 Å². The molecule has 1 amide bonds. The minimum absolute atomic E-state index is 0.0634. The van der Waals surface area contributed by atoms with Crippen molar-refractivity contribution in [1.29, 1.82) is 0 Å². The van der Waals surface area contributed by atoms with E-state index >= 15 is 0 Å². The number of nitrogens with zero attached hydrogens (tertiary/aromatic N) is 3. The maximum atomic E-state index is 13.3. The summed E-state index contributed by atoms with van der Waals surface area (Å²) in [7, 11) is -1.46. The second-order valence-corrected chi connectivity index (χ2v) is 10.9. The van der Waals surface area contributed by atoms with Gasteiger partial charge in [-0.1, -0.05) is 18.2 Å². The fourth-order valence-corrected chi connectivity index (χ4v) is 6.13. The molecular weight excluding hydrogens is 428 g/mol. The molecule has 3 aromatic rings. The summed E-state index contributed by atoms with van der Waals surface area (Å²) in [5.74, 6) is 1.08. The molecule has 2 fully saturated rings. The van der Waals surface area contributed by atoms with Crippen LogP contribution in [0, 0.1) is 6.92 Å². The highest BCUT2D eigenvalue weighted by atomic mass is 32.2. The van der Waals surface area contributed by atoms with Crippen LogP contribution in [0.4, 0.5) is 0 Å². The van der Waals surface area contributed by atoms with E-state index in [2.05, 4.69) is 10.4 Å². The molecule has 0 spiro atoms. The third kappa shape index (κ3) is 3.85. The number of aromatic nitrogens is 3. The second kappa shape index (κ2) is 7.88. The first-order chi connectivity index (χ1) is 15.4. The largest absolute Gasteiger partial charge is 0.496 e. The number of nitrogens with one attached hydrogen (secondary N) is 1. The van der Waals surface area contributed by atoms with Gasteiger partial charge in [0.2, 0.25) is 0 Å². The number of para-hydroxylation sites is 1. The van der Waals surface area contributed by atoms with E-state index < -0.39 is 9.84 Å². The topological polar surface area (TPSA) is 103 Å². The minimum atomic E-state index is -3.07. The zero-order valence-corrected chi connectivity index (χ0v) is 19.0. The molecule has 32 heavy (non-hydrogen) atoms. The molecule has 5 rings (SSSR count). The molecule has 8 nitrogen and oxygen atoms in total. The Labute approximate surface area is 186 Å². The lowest BCUT2D eigenvalue weighted by Crippen LogP contribution is -2.24. The number of rotatable bonds is 6. The lowest BCUT2D eigenvalue weighted by molar-refractivity contribution is 0.0952. The van der Waals surface area contributed by atoms with E-state index in [0.717, 1.165) is 29.8 Å². The number of aryl methyl sites for hydroxylation is 1. The normalized spacial score (nSPS) is 19.9. The highest BCUT2D eigenvalue weighted by Gasteiger charge is 2.34. The van der Waals surface area contributed by atoms with E-state index in [4.69, 9.17) is 9.72 Å². The van der Waals surface area contributed by atoms with E-state index in [-0.39, 0.29) is 23.5 Å². The van der Waals surface area contributed by atoms with Crippen LogP contribution in [-0.4, -0.2) is 47.7 Å². The van der Waals surface area contributed by atoms with Crippen LogP contribution in [0.25, 0.3) is 11.0 Å². The van der Waals surface area contributed by atoms with Crippen LogP contribution in [0.5, 0.6) is 5.75 Å². The van der Waals surface area contributed by atoms with Gasteiger partial charge in [0.25, 0.3) is 5.91 Å². The molecule has 1 saturated carbocycles. The van der Waals surface area contributed by atoms with Crippen LogP contribution < -0.4 is 10.1 Å². The lowest BCUT2D eigenvalue weighted by Gasteiger charge is -2.13. The molecule has 2 aliphatic rings. The first kappa shape index (κ1) is 20.9. The second-order valence-electron chi connectivity index (χ2n) is 8.65. The zero-order chi connectivity index (χ0) is 22.5. The molecule has 9 heteroatoms. The number of pyridine rings is 1. The molecule has 2 aromatic heterocycles. The van der Waals surface area contributed by atoms with Gasteiger partial charge in [-0.3, -0.25) is 4.79 Å². The van der Waals surface area contributed by atoms with Crippen molar-refractivity contribution in [3.8, 4) is 5.75 Å². The number of methoxy groups -OCH3 is 1. The fourth-order valence-electron chi connectivity index (χ4n) is 4.44. The van der Waals surface area contributed by atoms with Crippen molar-refractivity contribution in [2.45, 2.75) is 44.7 Å². The van der Waals surface area contributed by atoms with Crippen molar-refractivity contribution in [2.75, 3.05) is 18.6 Å².